The minimum Gasteiger partial charge on any atom is -0.465 e. The number of aryl methyl sites for hydroxylation is 1. The lowest BCUT2D eigenvalue weighted by atomic mass is 10.2. The molecule has 0 spiro atoms. The molecular formula is C15H13F2N3O4S. The van der Waals surface area contributed by atoms with Crippen LogP contribution in [-0.2, 0) is 9.53 Å². The minimum atomic E-state index is -1.09. The topological polar surface area (TPSA) is 101 Å². The van der Waals surface area contributed by atoms with Crippen molar-refractivity contribution in [3.8, 4) is 0 Å². The first-order valence-electron chi connectivity index (χ1n) is 6.88. The number of aromatic amines is 1. The van der Waals surface area contributed by atoms with E-state index in [1.54, 1.807) is 0 Å². The summed E-state index contributed by atoms with van der Waals surface area (Å²) in [5.41, 5.74) is -0.288. The van der Waals surface area contributed by atoms with Crippen molar-refractivity contribution in [2.24, 2.45) is 0 Å². The molecule has 2 N–H and O–H groups in total. The van der Waals surface area contributed by atoms with Gasteiger partial charge in [-0.2, -0.15) is 4.98 Å². The van der Waals surface area contributed by atoms with E-state index in [4.69, 9.17) is 0 Å². The van der Waals surface area contributed by atoms with E-state index in [0.29, 0.717) is 0 Å². The number of methoxy groups -OCH3 is 1. The Labute approximate surface area is 144 Å². The van der Waals surface area contributed by atoms with E-state index < -0.39 is 29.2 Å². The van der Waals surface area contributed by atoms with E-state index in [0.717, 1.165) is 23.9 Å². The molecule has 7 nitrogen and oxygen atoms in total. The highest BCUT2D eigenvalue weighted by molar-refractivity contribution is 8.00. The van der Waals surface area contributed by atoms with Crippen LogP contribution in [0.4, 0.5) is 14.5 Å². The first-order valence-corrected chi connectivity index (χ1v) is 7.87. The molecule has 0 bridgehead atoms. The number of H-pyrrole nitrogens is 1. The molecule has 0 radical (unpaired) electrons. The molecule has 132 valence electrons. The fraction of sp³-hybridized carbons (Fsp3) is 0.200. The Morgan fingerprint density at radius 3 is 2.68 bits per heavy atom. The Balaban J connectivity index is 2.12. The summed E-state index contributed by atoms with van der Waals surface area (Å²) in [6.07, 6.45) is 0. The Bertz CT molecular complexity index is 886. The number of benzene rings is 1. The number of esters is 1. The number of hydrogen-bond donors (Lipinski definition) is 2. The number of amides is 1. The molecule has 2 rings (SSSR count). The summed E-state index contributed by atoms with van der Waals surface area (Å²) in [6, 6.07) is 2.93. The van der Waals surface area contributed by atoms with Crippen molar-refractivity contribution in [3.63, 3.8) is 0 Å². The fourth-order valence-electron chi connectivity index (χ4n) is 1.91. The largest absolute Gasteiger partial charge is 0.465 e. The number of ether oxygens (including phenoxy) is 1. The van der Waals surface area contributed by atoms with Crippen LogP contribution in [0.2, 0.25) is 0 Å². The Hall–Kier alpha value is -2.75. The number of nitrogens with one attached hydrogen (secondary N) is 2. The number of hydrogen-bond acceptors (Lipinski definition) is 6. The summed E-state index contributed by atoms with van der Waals surface area (Å²) < 4.78 is 30.6. The van der Waals surface area contributed by atoms with Gasteiger partial charge < -0.3 is 15.0 Å². The van der Waals surface area contributed by atoms with Crippen LogP contribution in [0, 0.1) is 18.6 Å². The highest BCUT2D eigenvalue weighted by Gasteiger charge is 2.19. The van der Waals surface area contributed by atoms with E-state index in [2.05, 4.69) is 20.0 Å². The summed E-state index contributed by atoms with van der Waals surface area (Å²) in [5, 5.41) is 2.41. The van der Waals surface area contributed by atoms with Crippen LogP contribution in [0.5, 0.6) is 0 Å². The number of carbonyl (C=O) groups is 2. The van der Waals surface area contributed by atoms with Gasteiger partial charge in [-0.15, -0.1) is 0 Å². The van der Waals surface area contributed by atoms with Gasteiger partial charge in [0.1, 0.15) is 10.6 Å². The van der Waals surface area contributed by atoms with E-state index >= 15 is 0 Å². The van der Waals surface area contributed by atoms with Crippen LogP contribution >= 0.6 is 11.8 Å². The summed E-state index contributed by atoms with van der Waals surface area (Å²) in [7, 11) is 1.18. The van der Waals surface area contributed by atoms with Gasteiger partial charge in [-0.3, -0.25) is 4.79 Å². The van der Waals surface area contributed by atoms with E-state index in [1.165, 1.54) is 20.1 Å². The molecule has 0 aliphatic carbocycles. The van der Waals surface area contributed by atoms with Crippen LogP contribution in [0.15, 0.2) is 28.0 Å². The van der Waals surface area contributed by atoms with Crippen LogP contribution in [-0.4, -0.2) is 34.7 Å². The fourth-order valence-corrected chi connectivity index (χ4v) is 2.78. The van der Waals surface area contributed by atoms with Gasteiger partial charge in [0.05, 0.1) is 12.9 Å². The van der Waals surface area contributed by atoms with Crippen molar-refractivity contribution in [3.05, 3.63) is 51.6 Å². The third-order valence-electron chi connectivity index (χ3n) is 3.02. The first-order chi connectivity index (χ1) is 11.8. The zero-order chi connectivity index (χ0) is 18.6. The molecule has 0 aliphatic heterocycles. The van der Waals surface area contributed by atoms with Gasteiger partial charge in [0.15, 0.2) is 11.6 Å². The van der Waals surface area contributed by atoms with Gasteiger partial charge >= 0.3 is 11.7 Å². The monoisotopic (exact) mass is 369 g/mol. The third-order valence-corrected chi connectivity index (χ3v) is 3.99. The predicted octanol–water partition coefficient (Wildman–Crippen LogP) is 1.87. The smallest absolute Gasteiger partial charge is 0.346 e. The number of anilines is 1. The highest BCUT2D eigenvalue weighted by Crippen LogP contribution is 2.22. The zero-order valence-corrected chi connectivity index (χ0v) is 14.0. The molecule has 1 amide bonds. The number of aromatic nitrogens is 2. The Morgan fingerprint density at radius 2 is 2.04 bits per heavy atom. The molecule has 25 heavy (non-hydrogen) atoms. The summed E-state index contributed by atoms with van der Waals surface area (Å²) in [6.45, 7) is 1.50. The Morgan fingerprint density at radius 1 is 1.32 bits per heavy atom. The van der Waals surface area contributed by atoms with Gasteiger partial charge in [-0.1, -0.05) is 11.8 Å². The van der Waals surface area contributed by atoms with Crippen molar-refractivity contribution in [2.75, 3.05) is 18.2 Å². The molecule has 10 heteroatoms. The van der Waals surface area contributed by atoms with Crippen LogP contribution in [0.1, 0.15) is 16.1 Å². The maximum atomic E-state index is 13.1. The van der Waals surface area contributed by atoms with Crippen LogP contribution < -0.4 is 11.0 Å². The summed E-state index contributed by atoms with van der Waals surface area (Å²) in [4.78, 5) is 41.2. The summed E-state index contributed by atoms with van der Waals surface area (Å²) >= 11 is 0.842. The van der Waals surface area contributed by atoms with Gasteiger partial charge in [0, 0.05) is 17.4 Å². The molecule has 1 aromatic heterocycles. The second-order valence-corrected chi connectivity index (χ2v) is 5.77. The second kappa shape index (κ2) is 7.88. The average molecular weight is 369 g/mol. The molecule has 0 atom stereocenters. The molecule has 1 aromatic carbocycles. The molecular weight excluding hydrogens is 356 g/mol. The molecule has 0 fully saturated rings. The number of carbonyl (C=O) groups excluding carboxylic acids is 2. The molecule has 0 saturated carbocycles. The van der Waals surface area contributed by atoms with Crippen molar-refractivity contribution in [2.45, 2.75) is 11.9 Å². The lowest BCUT2D eigenvalue weighted by molar-refractivity contribution is -0.113. The lowest BCUT2D eigenvalue weighted by Gasteiger charge is -2.09. The van der Waals surface area contributed by atoms with Crippen molar-refractivity contribution >= 4 is 29.3 Å². The zero-order valence-electron chi connectivity index (χ0n) is 13.2. The second-order valence-electron chi connectivity index (χ2n) is 4.80. The van der Waals surface area contributed by atoms with E-state index in [9.17, 15) is 23.2 Å². The predicted molar refractivity (Wildman–Crippen MR) is 86.6 cm³/mol. The lowest BCUT2D eigenvalue weighted by Crippen LogP contribution is -2.20. The number of thioether (sulfide) groups is 1. The molecule has 2 aromatic rings. The molecule has 0 saturated heterocycles. The van der Waals surface area contributed by atoms with Crippen molar-refractivity contribution < 1.29 is 23.1 Å². The van der Waals surface area contributed by atoms with Gasteiger partial charge in [0.25, 0.3) is 0 Å². The van der Waals surface area contributed by atoms with Crippen LogP contribution in [0.25, 0.3) is 0 Å². The number of rotatable bonds is 5. The highest BCUT2D eigenvalue weighted by atomic mass is 32.2. The van der Waals surface area contributed by atoms with Crippen LogP contribution in [0.3, 0.4) is 0 Å². The van der Waals surface area contributed by atoms with E-state index in [-0.39, 0.29) is 27.7 Å². The van der Waals surface area contributed by atoms with Gasteiger partial charge in [-0.05, 0) is 19.1 Å². The average Bonchev–Trinajstić information content (AvgIpc) is 2.55. The Kier molecular flexibility index (Phi) is 5.86. The summed E-state index contributed by atoms with van der Waals surface area (Å²) in [5.74, 6) is -3.58. The van der Waals surface area contributed by atoms with Gasteiger partial charge in [0.2, 0.25) is 5.91 Å². The van der Waals surface area contributed by atoms with E-state index in [1.807, 2.05) is 0 Å². The molecule has 0 unspecified atom stereocenters. The minimum absolute atomic E-state index is 0.0357. The standard InChI is InChI=1S/C15H13F2N3O4S/c1-7-12(14(22)24-2)13(20-15(23)18-7)25-6-11(21)19-8-3-4-9(16)10(17)5-8/h3-5H,6H2,1-2H3,(H,19,21)(H,18,20,23). The normalized spacial score (nSPS) is 10.4. The number of halogens is 2. The van der Waals surface area contributed by atoms with Gasteiger partial charge in [-0.25, -0.2) is 18.4 Å². The third kappa shape index (κ3) is 4.63. The maximum absolute atomic E-state index is 13.1. The van der Waals surface area contributed by atoms with Crippen molar-refractivity contribution in [1.82, 2.24) is 9.97 Å². The quantitative estimate of drug-likeness (QED) is 0.474. The number of nitrogens with zero attached hydrogens (tertiary/aromatic N) is 1. The SMILES string of the molecule is COC(=O)c1c(SCC(=O)Nc2ccc(F)c(F)c2)nc(=O)[nH]c1C. The molecule has 1 heterocycles. The van der Waals surface area contributed by atoms with Crippen molar-refractivity contribution in [1.29, 1.82) is 0 Å². The maximum Gasteiger partial charge on any atom is 0.346 e. The first kappa shape index (κ1) is 18.6. The molecule has 0 aliphatic rings.